The van der Waals surface area contributed by atoms with Crippen molar-refractivity contribution in [3.8, 4) is 17.0 Å². The lowest BCUT2D eigenvalue weighted by atomic mass is 10.1. The number of methoxy groups -OCH3 is 2. The number of aromatic nitrogens is 2. The molecule has 1 heterocycles. The summed E-state index contributed by atoms with van der Waals surface area (Å²) in [6, 6.07) is 7.44. The fourth-order valence-electron chi connectivity index (χ4n) is 1.67. The minimum absolute atomic E-state index is 0.0572. The number of nitrogens with zero attached hydrogens (tertiary/aromatic N) is 2. The zero-order valence-corrected chi connectivity index (χ0v) is 12.7. The van der Waals surface area contributed by atoms with E-state index in [0.29, 0.717) is 5.82 Å². The molecule has 5 nitrogen and oxygen atoms in total. The molecule has 0 spiro atoms. The van der Waals surface area contributed by atoms with E-state index < -0.39 is 0 Å². The Labute approximate surface area is 125 Å². The first-order valence-corrected chi connectivity index (χ1v) is 6.66. The van der Waals surface area contributed by atoms with E-state index in [-0.39, 0.29) is 12.4 Å². The van der Waals surface area contributed by atoms with Crippen LogP contribution in [0.15, 0.2) is 34.9 Å². The van der Waals surface area contributed by atoms with E-state index in [9.17, 15) is 4.79 Å². The molecule has 20 heavy (non-hydrogen) atoms. The lowest BCUT2D eigenvalue weighted by Crippen LogP contribution is -2.08. The summed E-state index contributed by atoms with van der Waals surface area (Å²) in [7, 11) is 2.95. The Hall–Kier alpha value is -1.95. The highest BCUT2D eigenvalue weighted by atomic mass is 79.9. The van der Waals surface area contributed by atoms with E-state index in [0.717, 1.165) is 21.5 Å². The highest BCUT2D eigenvalue weighted by Gasteiger charge is 2.09. The lowest BCUT2D eigenvalue weighted by molar-refractivity contribution is -0.139. The summed E-state index contributed by atoms with van der Waals surface area (Å²) in [6.07, 6.45) is 1.68. The normalized spacial score (nSPS) is 10.2. The summed E-state index contributed by atoms with van der Waals surface area (Å²) < 4.78 is 10.6. The molecule has 6 heteroatoms. The third-order valence-electron chi connectivity index (χ3n) is 2.68. The molecule has 1 aromatic carbocycles. The number of rotatable bonds is 4. The molecule has 0 radical (unpaired) electrons. The molecule has 2 rings (SSSR count). The fourth-order valence-corrected chi connectivity index (χ4v) is 2.21. The summed E-state index contributed by atoms with van der Waals surface area (Å²) >= 11 is 3.43. The van der Waals surface area contributed by atoms with Crippen LogP contribution in [0.25, 0.3) is 11.3 Å². The molecule has 0 aliphatic rings. The van der Waals surface area contributed by atoms with Gasteiger partial charge in [-0.05, 0) is 40.2 Å². The van der Waals surface area contributed by atoms with Crippen molar-refractivity contribution in [2.24, 2.45) is 0 Å². The predicted octanol–water partition coefficient (Wildman–Crippen LogP) is 2.63. The average Bonchev–Trinajstić information content (AvgIpc) is 2.47. The molecule has 0 aliphatic carbocycles. The average molecular weight is 337 g/mol. The van der Waals surface area contributed by atoms with Gasteiger partial charge in [0, 0.05) is 11.8 Å². The molecule has 2 aromatic rings. The number of halogens is 1. The molecule has 0 unspecified atom stereocenters. The van der Waals surface area contributed by atoms with Crippen molar-refractivity contribution in [3.05, 3.63) is 40.8 Å². The quantitative estimate of drug-likeness (QED) is 0.803. The largest absolute Gasteiger partial charge is 0.496 e. The summed E-state index contributed by atoms with van der Waals surface area (Å²) in [4.78, 5) is 19.7. The predicted molar refractivity (Wildman–Crippen MR) is 77.4 cm³/mol. The van der Waals surface area contributed by atoms with Crippen molar-refractivity contribution in [3.63, 3.8) is 0 Å². The van der Waals surface area contributed by atoms with Crippen molar-refractivity contribution in [1.82, 2.24) is 9.97 Å². The van der Waals surface area contributed by atoms with Crippen LogP contribution in [0.4, 0.5) is 0 Å². The Balaban J connectivity index is 2.31. The minimum Gasteiger partial charge on any atom is -0.496 e. The van der Waals surface area contributed by atoms with Crippen LogP contribution < -0.4 is 4.74 Å². The Morgan fingerprint density at radius 2 is 2.10 bits per heavy atom. The van der Waals surface area contributed by atoms with Gasteiger partial charge in [0.2, 0.25) is 0 Å². The Morgan fingerprint density at radius 3 is 2.75 bits per heavy atom. The number of benzene rings is 1. The van der Waals surface area contributed by atoms with Gasteiger partial charge in [0.1, 0.15) is 18.0 Å². The molecule has 0 aliphatic heterocycles. The van der Waals surface area contributed by atoms with Crippen LogP contribution in [0, 0.1) is 0 Å². The second-order valence-electron chi connectivity index (χ2n) is 3.96. The van der Waals surface area contributed by atoms with Gasteiger partial charge < -0.3 is 9.47 Å². The number of carbonyl (C=O) groups excluding carboxylic acids is 1. The molecule has 0 atom stereocenters. The lowest BCUT2D eigenvalue weighted by Gasteiger charge is -2.07. The molecule has 0 bridgehead atoms. The van der Waals surface area contributed by atoms with Crippen LogP contribution in [0.3, 0.4) is 0 Å². The molecule has 0 N–H and O–H groups in total. The number of hydrogen-bond donors (Lipinski definition) is 0. The highest BCUT2D eigenvalue weighted by molar-refractivity contribution is 9.10. The maximum atomic E-state index is 11.2. The molecule has 0 saturated heterocycles. The van der Waals surface area contributed by atoms with Gasteiger partial charge >= 0.3 is 5.97 Å². The van der Waals surface area contributed by atoms with Gasteiger partial charge in [-0.25, -0.2) is 9.97 Å². The zero-order chi connectivity index (χ0) is 14.5. The van der Waals surface area contributed by atoms with Crippen LogP contribution in [0.2, 0.25) is 0 Å². The topological polar surface area (TPSA) is 61.3 Å². The maximum absolute atomic E-state index is 11.2. The zero-order valence-electron chi connectivity index (χ0n) is 11.1. The van der Waals surface area contributed by atoms with E-state index in [1.807, 2.05) is 18.2 Å². The molecular formula is C14H13BrN2O3. The Kier molecular flexibility index (Phi) is 4.68. The monoisotopic (exact) mass is 336 g/mol. The van der Waals surface area contributed by atoms with Crippen molar-refractivity contribution >= 4 is 21.9 Å². The van der Waals surface area contributed by atoms with Gasteiger partial charge in [0.15, 0.2) is 0 Å². The first kappa shape index (κ1) is 14.5. The van der Waals surface area contributed by atoms with Gasteiger partial charge in [-0.3, -0.25) is 4.79 Å². The van der Waals surface area contributed by atoms with E-state index >= 15 is 0 Å². The third-order valence-corrected chi connectivity index (χ3v) is 3.30. The SMILES string of the molecule is COC(=O)Cc1nccc(-c2ccc(OC)c(Br)c2)n1. The van der Waals surface area contributed by atoms with E-state index in [4.69, 9.17) is 4.74 Å². The standard InChI is InChI=1S/C14H13BrN2O3/c1-19-12-4-3-9(7-10(12)15)11-5-6-16-13(17-11)8-14(18)20-2/h3-7H,8H2,1-2H3. The van der Waals surface area contributed by atoms with Crippen molar-refractivity contribution in [2.75, 3.05) is 14.2 Å². The van der Waals surface area contributed by atoms with Crippen LogP contribution in [0.5, 0.6) is 5.75 Å². The molecule has 0 fully saturated rings. The molecular weight excluding hydrogens is 324 g/mol. The third kappa shape index (κ3) is 3.33. The maximum Gasteiger partial charge on any atom is 0.313 e. The number of hydrogen-bond acceptors (Lipinski definition) is 5. The van der Waals surface area contributed by atoms with Crippen molar-refractivity contribution in [1.29, 1.82) is 0 Å². The van der Waals surface area contributed by atoms with E-state index in [2.05, 4.69) is 30.6 Å². The fraction of sp³-hybridized carbons (Fsp3) is 0.214. The number of esters is 1. The summed E-state index contributed by atoms with van der Waals surface area (Å²) in [5, 5.41) is 0. The number of carbonyl (C=O) groups is 1. The van der Waals surface area contributed by atoms with Gasteiger partial charge in [-0.1, -0.05) is 0 Å². The second kappa shape index (κ2) is 6.47. The first-order valence-electron chi connectivity index (χ1n) is 5.86. The Morgan fingerprint density at radius 1 is 1.30 bits per heavy atom. The van der Waals surface area contributed by atoms with Crippen LogP contribution in [0.1, 0.15) is 5.82 Å². The smallest absolute Gasteiger partial charge is 0.313 e. The minimum atomic E-state index is -0.363. The highest BCUT2D eigenvalue weighted by Crippen LogP contribution is 2.29. The molecule has 0 amide bonds. The van der Waals surface area contributed by atoms with Gasteiger partial charge in [0.25, 0.3) is 0 Å². The molecule has 1 aromatic heterocycles. The second-order valence-corrected chi connectivity index (χ2v) is 4.81. The summed E-state index contributed by atoms with van der Waals surface area (Å²) in [5.41, 5.74) is 1.65. The van der Waals surface area contributed by atoms with Crippen LogP contribution in [-0.4, -0.2) is 30.2 Å². The van der Waals surface area contributed by atoms with Gasteiger partial charge in [-0.2, -0.15) is 0 Å². The van der Waals surface area contributed by atoms with Gasteiger partial charge in [0.05, 0.1) is 24.4 Å². The summed E-state index contributed by atoms with van der Waals surface area (Å²) in [6.45, 7) is 0. The molecule has 104 valence electrons. The van der Waals surface area contributed by atoms with Gasteiger partial charge in [-0.15, -0.1) is 0 Å². The first-order chi connectivity index (χ1) is 9.63. The van der Waals surface area contributed by atoms with Crippen LogP contribution in [-0.2, 0) is 16.0 Å². The summed E-state index contributed by atoms with van der Waals surface area (Å²) in [5.74, 6) is 0.817. The number of ether oxygens (including phenoxy) is 2. The Bertz CT molecular complexity index is 632. The van der Waals surface area contributed by atoms with Crippen LogP contribution >= 0.6 is 15.9 Å². The van der Waals surface area contributed by atoms with Crippen molar-refractivity contribution in [2.45, 2.75) is 6.42 Å². The van der Waals surface area contributed by atoms with E-state index in [1.54, 1.807) is 19.4 Å². The molecule has 0 saturated carbocycles. The van der Waals surface area contributed by atoms with E-state index in [1.165, 1.54) is 7.11 Å². The van der Waals surface area contributed by atoms with Crippen molar-refractivity contribution < 1.29 is 14.3 Å².